The number of fused-ring (bicyclic) bond motifs is 1. The maximum absolute atomic E-state index is 11.2. The van der Waals surface area contributed by atoms with Crippen molar-refractivity contribution in [3.63, 3.8) is 0 Å². The van der Waals surface area contributed by atoms with Gasteiger partial charge in [0.1, 0.15) is 0 Å². The van der Waals surface area contributed by atoms with Gasteiger partial charge in [0.15, 0.2) is 6.04 Å². The lowest BCUT2D eigenvalue weighted by atomic mass is 10.2. The fourth-order valence-corrected chi connectivity index (χ4v) is 2.43. The highest BCUT2D eigenvalue weighted by atomic mass is 35.5. The number of methoxy groups -OCH3 is 1. The van der Waals surface area contributed by atoms with Gasteiger partial charge in [-0.05, 0) is 18.2 Å². The standard InChI is InChI=1S/C12H11Cl2NO3/c1-18-6-11(12(16)17)15-3-2-8-9(14)4-7(13)5-10(8)15/h2-5,11H,6H2,1H3,(H,16,17). The number of carboxylic acids is 1. The zero-order chi connectivity index (χ0) is 13.3. The molecular formula is C12H11Cl2NO3. The molecule has 0 radical (unpaired) electrons. The van der Waals surface area contributed by atoms with Crippen molar-refractivity contribution in [3.8, 4) is 0 Å². The molecular weight excluding hydrogens is 277 g/mol. The van der Waals surface area contributed by atoms with E-state index >= 15 is 0 Å². The van der Waals surface area contributed by atoms with Crippen molar-refractivity contribution in [2.24, 2.45) is 0 Å². The van der Waals surface area contributed by atoms with Gasteiger partial charge in [0.2, 0.25) is 0 Å². The second-order valence-corrected chi connectivity index (χ2v) is 4.70. The molecule has 18 heavy (non-hydrogen) atoms. The van der Waals surface area contributed by atoms with Crippen LogP contribution in [-0.2, 0) is 9.53 Å². The number of hydrogen-bond donors (Lipinski definition) is 1. The smallest absolute Gasteiger partial charge is 0.329 e. The summed E-state index contributed by atoms with van der Waals surface area (Å²) in [5.74, 6) is -0.967. The fourth-order valence-electron chi connectivity index (χ4n) is 1.89. The van der Waals surface area contributed by atoms with Crippen molar-refractivity contribution in [2.75, 3.05) is 13.7 Å². The summed E-state index contributed by atoms with van der Waals surface area (Å²) in [6, 6.07) is 4.28. The molecule has 0 aliphatic carbocycles. The summed E-state index contributed by atoms with van der Waals surface area (Å²) >= 11 is 12.0. The summed E-state index contributed by atoms with van der Waals surface area (Å²) in [4.78, 5) is 11.2. The molecule has 6 heteroatoms. The van der Waals surface area contributed by atoms with E-state index in [4.69, 9.17) is 27.9 Å². The molecule has 0 fully saturated rings. The lowest BCUT2D eigenvalue weighted by Crippen LogP contribution is -2.22. The zero-order valence-corrected chi connectivity index (χ0v) is 11.1. The highest BCUT2D eigenvalue weighted by Gasteiger charge is 2.21. The van der Waals surface area contributed by atoms with Crippen molar-refractivity contribution in [3.05, 3.63) is 34.4 Å². The maximum atomic E-state index is 11.2. The minimum absolute atomic E-state index is 0.0727. The van der Waals surface area contributed by atoms with Crippen LogP contribution in [0.3, 0.4) is 0 Å². The Labute approximate surface area is 114 Å². The summed E-state index contributed by atoms with van der Waals surface area (Å²) in [5, 5.41) is 10.9. The Balaban J connectivity index is 2.60. The first-order valence-electron chi connectivity index (χ1n) is 5.22. The molecule has 1 aromatic carbocycles. The normalized spacial score (nSPS) is 12.8. The maximum Gasteiger partial charge on any atom is 0.329 e. The van der Waals surface area contributed by atoms with Crippen molar-refractivity contribution in [1.29, 1.82) is 0 Å². The summed E-state index contributed by atoms with van der Waals surface area (Å²) in [6.07, 6.45) is 1.67. The zero-order valence-electron chi connectivity index (χ0n) is 9.56. The van der Waals surface area contributed by atoms with Gasteiger partial charge in [0, 0.05) is 23.7 Å². The topological polar surface area (TPSA) is 51.5 Å². The fraction of sp³-hybridized carbons (Fsp3) is 0.250. The van der Waals surface area contributed by atoms with E-state index in [2.05, 4.69) is 0 Å². The molecule has 1 heterocycles. The number of ether oxygens (including phenoxy) is 1. The molecule has 0 bridgehead atoms. The molecule has 0 spiro atoms. The average molecular weight is 288 g/mol. The third-order valence-corrected chi connectivity index (χ3v) is 3.23. The molecule has 96 valence electrons. The number of carbonyl (C=O) groups is 1. The Morgan fingerprint density at radius 3 is 2.83 bits per heavy atom. The van der Waals surface area contributed by atoms with Crippen LogP contribution in [0, 0.1) is 0 Å². The SMILES string of the molecule is COCC(C(=O)O)n1ccc2c(Cl)cc(Cl)cc21. The van der Waals surface area contributed by atoms with Crippen LogP contribution in [0.5, 0.6) is 0 Å². The van der Waals surface area contributed by atoms with Gasteiger partial charge in [-0.25, -0.2) is 4.79 Å². The quantitative estimate of drug-likeness (QED) is 0.939. The molecule has 0 aliphatic rings. The molecule has 4 nitrogen and oxygen atoms in total. The molecule has 1 unspecified atom stereocenters. The monoisotopic (exact) mass is 287 g/mol. The van der Waals surface area contributed by atoms with Gasteiger partial charge in [-0.1, -0.05) is 23.2 Å². The molecule has 0 saturated heterocycles. The highest BCUT2D eigenvalue weighted by Crippen LogP contribution is 2.30. The van der Waals surface area contributed by atoms with Crippen LogP contribution in [0.1, 0.15) is 6.04 Å². The van der Waals surface area contributed by atoms with Crippen LogP contribution in [0.4, 0.5) is 0 Å². The van der Waals surface area contributed by atoms with Gasteiger partial charge in [0.25, 0.3) is 0 Å². The largest absolute Gasteiger partial charge is 0.480 e. The molecule has 2 aromatic rings. The van der Waals surface area contributed by atoms with Crippen LogP contribution in [0.15, 0.2) is 24.4 Å². The van der Waals surface area contributed by atoms with Crippen LogP contribution in [-0.4, -0.2) is 29.4 Å². The molecule has 0 saturated carbocycles. The summed E-state index contributed by atoms with van der Waals surface area (Å²) in [5.41, 5.74) is 0.678. The minimum atomic E-state index is -0.967. The first-order valence-corrected chi connectivity index (χ1v) is 5.97. The van der Waals surface area contributed by atoms with E-state index in [1.165, 1.54) is 7.11 Å². The molecule has 1 N–H and O–H groups in total. The summed E-state index contributed by atoms with van der Waals surface area (Å²) in [6.45, 7) is 0.0727. The van der Waals surface area contributed by atoms with Crippen molar-refractivity contribution in [1.82, 2.24) is 4.57 Å². The Morgan fingerprint density at radius 1 is 1.50 bits per heavy atom. The Morgan fingerprint density at radius 2 is 2.22 bits per heavy atom. The first-order chi connectivity index (χ1) is 8.54. The van der Waals surface area contributed by atoms with Gasteiger partial charge in [-0.2, -0.15) is 0 Å². The Bertz CT molecular complexity index is 594. The first kappa shape index (κ1) is 13.2. The predicted molar refractivity (Wildman–Crippen MR) is 70.5 cm³/mol. The van der Waals surface area contributed by atoms with Crippen LogP contribution < -0.4 is 0 Å². The number of benzene rings is 1. The number of halogens is 2. The molecule has 1 aromatic heterocycles. The number of hydrogen-bond acceptors (Lipinski definition) is 2. The second-order valence-electron chi connectivity index (χ2n) is 3.85. The van der Waals surface area contributed by atoms with Gasteiger partial charge in [-0.3, -0.25) is 0 Å². The number of nitrogens with zero attached hydrogens (tertiary/aromatic N) is 1. The highest BCUT2D eigenvalue weighted by molar-refractivity contribution is 6.38. The van der Waals surface area contributed by atoms with Crippen molar-refractivity contribution < 1.29 is 14.6 Å². The van der Waals surface area contributed by atoms with Gasteiger partial charge < -0.3 is 14.4 Å². The molecule has 0 aliphatic heterocycles. The molecule has 2 rings (SSSR count). The number of aromatic nitrogens is 1. The van der Waals surface area contributed by atoms with Gasteiger partial charge >= 0.3 is 5.97 Å². The Hall–Kier alpha value is -1.23. The van der Waals surface area contributed by atoms with Crippen LogP contribution >= 0.6 is 23.2 Å². The predicted octanol–water partition coefficient (Wildman–Crippen LogP) is 3.22. The molecule has 0 amide bonds. The number of rotatable bonds is 4. The van der Waals surface area contributed by atoms with E-state index in [1.54, 1.807) is 29.0 Å². The molecule has 1 atom stereocenters. The van der Waals surface area contributed by atoms with Crippen LogP contribution in [0.2, 0.25) is 10.0 Å². The van der Waals surface area contributed by atoms with E-state index in [9.17, 15) is 9.90 Å². The number of carboxylic acid groups (broad SMARTS) is 1. The lowest BCUT2D eigenvalue weighted by molar-refractivity contribution is -0.142. The van der Waals surface area contributed by atoms with E-state index in [-0.39, 0.29) is 6.61 Å². The van der Waals surface area contributed by atoms with E-state index in [0.29, 0.717) is 15.6 Å². The van der Waals surface area contributed by atoms with Gasteiger partial charge in [-0.15, -0.1) is 0 Å². The third kappa shape index (κ3) is 2.32. The van der Waals surface area contributed by atoms with E-state index in [0.717, 1.165) is 5.39 Å². The van der Waals surface area contributed by atoms with Gasteiger partial charge in [0.05, 0.1) is 17.1 Å². The lowest BCUT2D eigenvalue weighted by Gasteiger charge is -2.15. The van der Waals surface area contributed by atoms with Crippen LogP contribution in [0.25, 0.3) is 10.9 Å². The third-order valence-electron chi connectivity index (χ3n) is 2.70. The van der Waals surface area contributed by atoms with Crippen molar-refractivity contribution in [2.45, 2.75) is 6.04 Å². The van der Waals surface area contributed by atoms with E-state index in [1.807, 2.05) is 0 Å². The summed E-state index contributed by atoms with van der Waals surface area (Å²) < 4.78 is 6.53. The van der Waals surface area contributed by atoms with E-state index < -0.39 is 12.0 Å². The number of aliphatic carboxylic acids is 1. The minimum Gasteiger partial charge on any atom is -0.480 e. The van der Waals surface area contributed by atoms with Crippen molar-refractivity contribution >= 4 is 40.1 Å². The average Bonchev–Trinajstić information content (AvgIpc) is 2.69. The Kier molecular flexibility index (Phi) is 3.80. The summed E-state index contributed by atoms with van der Waals surface area (Å²) in [7, 11) is 1.46. The second kappa shape index (κ2) is 5.18.